The number of hydrogen-bond acceptors (Lipinski definition) is 6. The minimum absolute atomic E-state index is 0.264. The van der Waals surface area contributed by atoms with Crippen molar-refractivity contribution < 1.29 is 23.8 Å². The van der Waals surface area contributed by atoms with Crippen LogP contribution in [0.3, 0.4) is 0 Å². The molecular weight excluding hydrogens is 480 g/mol. The van der Waals surface area contributed by atoms with E-state index in [9.17, 15) is 14.9 Å². The largest absolute Gasteiger partial charge is 0.493 e. The van der Waals surface area contributed by atoms with Crippen LogP contribution < -0.4 is 9.47 Å². The Bertz CT molecular complexity index is 1320. The molecule has 0 saturated heterocycles. The fourth-order valence-corrected chi connectivity index (χ4v) is 4.29. The number of carbonyl (C=O) groups is 2. The normalized spacial score (nSPS) is 14.1. The number of fused-ring (bicyclic) bond motifs is 1. The Labute approximate surface area is 214 Å². The molecule has 0 saturated carbocycles. The summed E-state index contributed by atoms with van der Waals surface area (Å²) < 4.78 is 17.8. The summed E-state index contributed by atoms with van der Waals surface area (Å²) in [5.74, 6) is 0.0828. The van der Waals surface area contributed by atoms with Crippen LogP contribution in [-0.2, 0) is 16.0 Å². The lowest BCUT2D eigenvalue weighted by atomic mass is 9.91. The third-order valence-electron chi connectivity index (χ3n) is 6.06. The zero-order valence-electron chi connectivity index (χ0n) is 20.0. The molecule has 1 amide bonds. The van der Waals surface area contributed by atoms with Crippen molar-refractivity contribution in [3.8, 4) is 23.3 Å². The average molecular weight is 505 g/mol. The molecule has 1 aliphatic heterocycles. The molecule has 1 aliphatic rings. The lowest BCUT2D eigenvalue weighted by molar-refractivity contribution is -0.143. The van der Waals surface area contributed by atoms with Gasteiger partial charge in [-0.1, -0.05) is 30.3 Å². The fraction of sp³-hybridized carbons (Fsp3) is 0.250. The van der Waals surface area contributed by atoms with E-state index in [0.29, 0.717) is 59.9 Å². The van der Waals surface area contributed by atoms with Crippen LogP contribution in [0, 0.1) is 18.3 Å². The van der Waals surface area contributed by atoms with E-state index in [1.165, 1.54) is 11.5 Å². The molecule has 1 heterocycles. The van der Waals surface area contributed by atoms with Gasteiger partial charge in [0.15, 0.2) is 0 Å². The molecule has 7 nitrogen and oxygen atoms in total. The van der Waals surface area contributed by atoms with Crippen LogP contribution in [0.2, 0.25) is 0 Å². The van der Waals surface area contributed by atoms with E-state index in [1.54, 1.807) is 30.3 Å². The van der Waals surface area contributed by atoms with Crippen molar-refractivity contribution in [1.29, 1.82) is 5.26 Å². The molecular formula is C28H25ClN2O5. The fourth-order valence-electron chi connectivity index (χ4n) is 4.11. The van der Waals surface area contributed by atoms with E-state index in [4.69, 9.17) is 26.0 Å². The van der Waals surface area contributed by atoms with Gasteiger partial charge < -0.3 is 14.2 Å². The predicted octanol–water partition coefficient (Wildman–Crippen LogP) is 5.54. The first-order valence-electron chi connectivity index (χ1n) is 11.5. The maximum atomic E-state index is 12.8. The molecule has 1 unspecified atom stereocenters. The third kappa shape index (κ3) is 5.45. The molecule has 0 radical (unpaired) electrons. The number of amides is 1. The SMILES string of the molecule is COC(=O)C1CCOc2cc(Oc3ccc(C(=O)N(Cl)CCc4ccccc4)cc3C)c(C#N)cc21. The van der Waals surface area contributed by atoms with E-state index in [2.05, 4.69) is 6.07 Å². The highest BCUT2D eigenvalue weighted by Gasteiger charge is 2.30. The first-order chi connectivity index (χ1) is 17.4. The van der Waals surface area contributed by atoms with Gasteiger partial charge in [0.1, 0.15) is 23.3 Å². The second-order valence-corrected chi connectivity index (χ2v) is 8.83. The number of carbonyl (C=O) groups excluding carboxylic acids is 2. The minimum Gasteiger partial charge on any atom is -0.493 e. The monoisotopic (exact) mass is 504 g/mol. The van der Waals surface area contributed by atoms with Crippen LogP contribution in [-0.4, -0.2) is 36.6 Å². The first-order valence-corrected chi connectivity index (χ1v) is 11.8. The second kappa shape index (κ2) is 11.1. The topological polar surface area (TPSA) is 88.9 Å². The van der Waals surface area contributed by atoms with Crippen molar-refractivity contribution in [3.63, 3.8) is 0 Å². The summed E-state index contributed by atoms with van der Waals surface area (Å²) in [6.07, 6.45) is 1.12. The highest BCUT2D eigenvalue weighted by atomic mass is 35.5. The van der Waals surface area contributed by atoms with Gasteiger partial charge in [-0.3, -0.25) is 14.0 Å². The number of ether oxygens (including phenoxy) is 3. The van der Waals surface area contributed by atoms with Crippen molar-refractivity contribution in [2.45, 2.75) is 25.7 Å². The van der Waals surface area contributed by atoms with E-state index in [-0.39, 0.29) is 17.4 Å². The summed E-state index contributed by atoms with van der Waals surface area (Å²) in [6.45, 7) is 2.53. The van der Waals surface area contributed by atoms with Crippen molar-refractivity contribution in [1.82, 2.24) is 4.42 Å². The molecule has 0 aliphatic carbocycles. The molecule has 4 rings (SSSR count). The summed E-state index contributed by atoms with van der Waals surface area (Å²) in [6, 6.07) is 20.2. The van der Waals surface area contributed by atoms with Gasteiger partial charge in [-0.2, -0.15) is 5.26 Å². The molecule has 0 spiro atoms. The van der Waals surface area contributed by atoms with Gasteiger partial charge in [0, 0.05) is 35.5 Å². The quantitative estimate of drug-likeness (QED) is 0.310. The molecule has 0 N–H and O–H groups in total. The van der Waals surface area contributed by atoms with Crippen LogP contribution in [0.1, 0.15) is 45.0 Å². The second-order valence-electron chi connectivity index (χ2n) is 8.42. The highest BCUT2D eigenvalue weighted by molar-refractivity contribution is 6.24. The number of hydrogen-bond donors (Lipinski definition) is 0. The lowest BCUT2D eigenvalue weighted by Crippen LogP contribution is -2.24. The Morgan fingerprint density at radius 1 is 1.14 bits per heavy atom. The van der Waals surface area contributed by atoms with Crippen molar-refractivity contribution in [3.05, 3.63) is 88.5 Å². The molecule has 3 aromatic rings. The molecule has 0 bridgehead atoms. The molecule has 36 heavy (non-hydrogen) atoms. The zero-order chi connectivity index (χ0) is 25.7. The first kappa shape index (κ1) is 25.1. The third-order valence-corrected chi connectivity index (χ3v) is 6.38. The summed E-state index contributed by atoms with van der Waals surface area (Å²) in [7, 11) is 1.34. The Kier molecular flexibility index (Phi) is 7.77. The van der Waals surface area contributed by atoms with Gasteiger partial charge in [0.2, 0.25) is 0 Å². The summed E-state index contributed by atoms with van der Waals surface area (Å²) in [5.41, 5.74) is 3.09. The average Bonchev–Trinajstić information content (AvgIpc) is 2.91. The number of nitriles is 1. The lowest BCUT2D eigenvalue weighted by Gasteiger charge is -2.25. The maximum absolute atomic E-state index is 12.8. The Hall–Kier alpha value is -4.02. The van der Waals surface area contributed by atoms with E-state index < -0.39 is 5.92 Å². The number of nitrogens with zero attached hydrogens (tertiary/aromatic N) is 2. The number of methoxy groups -OCH3 is 1. The smallest absolute Gasteiger partial charge is 0.313 e. The van der Waals surface area contributed by atoms with Crippen LogP contribution in [0.25, 0.3) is 0 Å². The van der Waals surface area contributed by atoms with Crippen molar-refractivity contribution >= 4 is 23.7 Å². The molecule has 8 heteroatoms. The number of esters is 1. The van der Waals surface area contributed by atoms with Gasteiger partial charge in [-0.15, -0.1) is 0 Å². The van der Waals surface area contributed by atoms with Crippen LogP contribution in [0.5, 0.6) is 17.2 Å². The van der Waals surface area contributed by atoms with Gasteiger partial charge in [0.25, 0.3) is 5.91 Å². The van der Waals surface area contributed by atoms with Crippen LogP contribution in [0.15, 0.2) is 60.7 Å². The van der Waals surface area contributed by atoms with E-state index in [1.807, 2.05) is 37.3 Å². The van der Waals surface area contributed by atoms with Gasteiger partial charge in [-0.25, -0.2) is 0 Å². The van der Waals surface area contributed by atoms with Crippen molar-refractivity contribution in [2.75, 3.05) is 20.3 Å². The molecule has 3 aromatic carbocycles. The van der Waals surface area contributed by atoms with Crippen LogP contribution in [0.4, 0.5) is 0 Å². The Morgan fingerprint density at radius 2 is 1.92 bits per heavy atom. The van der Waals surface area contributed by atoms with Crippen LogP contribution >= 0.6 is 11.8 Å². The number of halogens is 1. The molecule has 0 fully saturated rings. The Morgan fingerprint density at radius 3 is 2.61 bits per heavy atom. The molecule has 184 valence electrons. The van der Waals surface area contributed by atoms with E-state index >= 15 is 0 Å². The van der Waals surface area contributed by atoms with Gasteiger partial charge >= 0.3 is 5.97 Å². The molecule has 1 atom stereocenters. The standard InChI is InChI=1S/C28H25ClN2O5/c1-18-14-20(27(32)31(29)12-10-19-6-4-3-5-7-19)8-9-24(18)36-25-16-26-23(15-21(25)17-30)22(11-13-35-26)28(33)34-2/h3-9,14-16,22H,10-13H2,1-2H3. The van der Waals surface area contributed by atoms with Crippen molar-refractivity contribution in [2.24, 2.45) is 0 Å². The summed E-state index contributed by atoms with van der Waals surface area (Å²) in [4.78, 5) is 25.0. The number of rotatable bonds is 7. The van der Waals surface area contributed by atoms with Gasteiger partial charge in [0.05, 0.1) is 25.2 Å². The summed E-state index contributed by atoms with van der Waals surface area (Å²) >= 11 is 6.26. The number of benzene rings is 3. The maximum Gasteiger partial charge on any atom is 0.313 e. The summed E-state index contributed by atoms with van der Waals surface area (Å²) in [5, 5.41) is 9.71. The Balaban J connectivity index is 1.51. The molecule has 0 aromatic heterocycles. The number of aryl methyl sites for hydroxylation is 1. The zero-order valence-corrected chi connectivity index (χ0v) is 20.7. The minimum atomic E-state index is -0.493. The highest BCUT2D eigenvalue weighted by Crippen LogP contribution is 2.40. The van der Waals surface area contributed by atoms with E-state index in [0.717, 1.165) is 5.56 Å². The predicted molar refractivity (Wildman–Crippen MR) is 134 cm³/mol. The van der Waals surface area contributed by atoms with Gasteiger partial charge in [-0.05, 0) is 55.2 Å².